The predicted molar refractivity (Wildman–Crippen MR) is 119 cm³/mol. The molecule has 0 bridgehead atoms. The summed E-state index contributed by atoms with van der Waals surface area (Å²) in [5.74, 6) is -0.814. The molecule has 0 aliphatic carbocycles. The maximum atomic E-state index is 14.9. The van der Waals surface area contributed by atoms with Crippen molar-refractivity contribution in [3.63, 3.8) is 0 Å². The third kappa shape index (κ3) is 4.25. The average Bonchev–Trinajstić information content (AvgIpc) is 3.42. The number of fused-ring (bicyclic) bond motifs is 1. The first-order chi connectivity index (χ1) is 16.0. The van der Waals surface area contributed by atoms with Gasteiger partial charge in [0, 0.05) is 18.1 Å². The number of aliphatic hydroxyl groups is 1. The Morgan fingerprint density at radius 2 is 1.70 bits per heavy atom. The molecule has 3 aromatic carbocycles. The Hall–Kier alpha value is -3.91. The molecule has 0 amide bonds. The smallest absolute Gasteiger partial charge is 0.137 e. The standard InChI is InChI=1S/C25H21F2N5O/c26-19-10-11-20(21(27)13-19)25(33,14-31-17-28-16-29-31)15-32-23-9-5-4-8-22(23)30-24(32)12-18-6-2-1-3-7-18/h1-11,13,16-17,33H,12,14-15H2. The van der Waals surface area contributed by atoms with Gasteiger partial charge in [0.15, 0.2) is 0 Å². The maximum Gasteiger partial charge on any atom is 0.137 e. The molecule has 0 fully saturated rings. The normalized spacial score (nSPS) is 13.3. The lowest BCUT2D eigenvalue weighted by atomic mass is 9.92. The molecule has 5 rings (SSSR count). The molecule has 5 aromatic rings. The highest BCUT2D eigenvalue weighted by atomic mass is 19.1. The number of hydrogen-bond acceptors (Lipinski definition) is 4. The number of aromatic nitrogens is 5. The van der Waals surface area contributed by atoms with Crippen LogP contribution in [0.4, 0.5) is 8.78 Å². The molecule has 6 nitrogen and oxygen atoms in total. The molecule has 0 aliphatic rings. The summed E-state index contributed by atoms with van der Waals surface area (Å²) in [4.78, 5) is 8.71. The third-order valence-electron chi connectivity index (χ3n) is 5.68. The Labute approximate surface area is 188 Å². The lowest BCUT2D eigenvalue weighted by Gasteiger charge is -2.30. The van der Waals surface area contributed by atoms with Crippen LogP contribution in [0.2, 0.25) is 0 Å². The first-order valence-corrected chi connectivity index (χ1v) is 10.5. The highest BCUT2D eigenvalue weighted by molar-refractivity contribution is 5.76. The van der Waals surface area contributed by atoms with Crippen molar-refractivity contribution < 1.29 is 13.9 Å². The van der Waals surface area contributed by atoms with Crippen molar-refractivity contribution in [2.24, 2.45) is 0 Å². The van der Waals surface area contributed by atoms with Crippen LogP contribution in [0.1, 0.15) is 17.0 Å². The van der Waals surface area contributed by atoms with Gasteiger partial charge in [-0.3, -0.25) is 0 Å². The zero-order chi connectivity index (χ0) is 22.8. The van der Waals surface area contributed by atoms with E-state index in [1.54, 1.807) is 0 Å². The van der Waals surface area contributed by atoms with Gasteiger partial charge in [-0.2, -0.15) is 5.10 Å². The molecular formula is C25H21F2N5O. The Morgan fingerprint density at radius 1 is 0.909 bits per heavy atom. The first-order valence-electron chi connectivity index (χ1n) is 10.5. The van der Waals surface area contributed by atoms with Crippen molar-refractivity contribution in [2.45, 2.75) is 25.1 Å². The van der Waals surface area contributed by atoms with E-state index in [9.17, 15) is 13.9 Å². The van der Waals surface area contributed by atoms with Gasteiger partial charge >= 0.3 is 0 Å². The Kier molecular flexibility index (Phi) is 5.43. The van der Waals surface area contributed by atoms with E-state index in [0.717, 1.165) is 34.6 Å². The van der Waals surface area contributed by atoms with Crippen LogP contribution < -0.4 is 0 Å². The molecule has 166 valence electrons. The van der Waals surface area contributed by atoms with Crippen molar-refractivity contribution >= 4 is 11.0 Å². The second kappa shape index (κ2) is 8.55. The Bertz CT molecular complexity index is 1380. The van der Waals surface area contributed by atoms with E-state index < -0.39 is 17.2 Å². The highest BCUT2D eigenvalue weighted by Crippen LogP contribution is 2.31. The van der Waals surface area contributed by atoms with Crippen LogP contribution in [0.15, 0.2) is 85.5 Å². The van der Waals surface area contributed by atoms with Crippen LogP contribution in [0, 0.1) is 11.6 Å². The summed E-state index contributed by atoms with van der Waals surface area (Å²) in [7, 11) is 0. The van der Waals surface area contributed by atoms with Crippen molar-refractivity contribution in [3.8, 4) is 0 Å². The molecular weight excluding hydrogens is 424 g/mol. The summed E-state index contributed by atoms with van der Waals surface area (Å²) in [6.45, 7) is -0.0923. The minimum atomic E-state index is -1.75. The van der Waals surface area contributed by atoms with E-state index in [0.29, 0.717) is 6.42 Å². The Morgan fingerprint density at radius 3 is 2.45 bits per heavy atom. The zero-order valence-corrected chi connectivity index (χ0v) is 17.6. The zero-order valence-electron chi connectivity index (χ0n) is 17.6. The largest absolute Gasteiger partial charge is 0.381 e. The molecule has 0 saturated heterocycles. The van der Waals surface area contributed by atoms with Crippen molar-refractivity contribution in [1.29, 1.82) is 0 Å². The second-order valence-electron chi connectivity index (χ2n) is 8.01. The van der Waals surface area contributed by atoms with Gasteiger partial charge < -0.3 is 9.67 Å². The molecule has 2 heterocycles. The fourth-order valence-corrected chi connectivity index (χ4v) is 4.15. The monoisotopic (exact) mass is 445 g/mol. The molecule has 33 heavy (non-hydrogen) atoms. The minimum Gasteiger partial charge on any atom is -0.381 e. The number of benzene rings is 3. The van der Waals surface area contributed by atoms with Crippen LogP contribution in [0.5, 0.6) is 0 Å². The van der Waals surface area contributed by atoms with Gasteiger partial charge in [0.05, 0.1) is 24.1 Å². The van der Waals surface area contributed by atoms with Crippen LogP contribution in [0.25, 0.3) is 11.0 Å². The van der Waals surface area contributed by atoms with Gasteiger partial charge in [0.1, 0.15) is 35.7 Å². The topological polar surface area (TPSA) is 68.8 Å². The van der Waals surface area contributed by atoms with Crippen LogP contribution >= 0.6 is 0 Å². The maximum absolute atomic E-state index is 14.9. The van der Waals surface area contributed by atoms with Crippen LogP contribution in [-0.2, 0) is 25.1 Å². The second-order valence-corrected chi connectivity index (χ2v) is 8.01. The molecule has 0 spiro atoms. The highest BCUT2D eigenvalue weighted by Gasteiger charge is 2.35. The average molecular weight is 445 g/mol. The van der Waals surface area contributed by atoms with Crippen LogP contribution in [-0.4, -0.2) is 29.4 Å². The third-order valence-corrected chi connectivity index (χ3v) is 5.68. The van der Waals surface area contributed by atoms with E-state index in [-0.39, 0.29) is 18.7 Å². The van der Waals surface area contributed by atoms with Gasteiger partial charge in [-0.1, -0.05) is 48.5 Å². The van der Waals surface area contributed by atoms with Crippen LogP contribution in [0.3, 0.4) is 0 Å². The predicted octanol–water partition coefficient (Wildman–Crippen LogP) is 4.08. The summed E-state index contributed by atoms with van der Waals surface area (Å²) in [6.07, 6.45) is 3.32. The van der Waals surface area contributed by atoms with Crippen molar-refractivity contribution in [1.82, 2.24) is 24.3 Å². The lowest BCUT2D eigenvalue weighted by molar-refractivity contribution is -0.00507. The number of nitrogens with zero attached hydrogens (tertiary/aromatic N) is 5. The molecule has 0 radical (unpaired) electrons. The number of rotatable bonds is 7. The van der Waals surface area contributed by atoms with E-state index in [1.807, 2.05) is 59.2 Å². The van der Waals surface area contributed by atoms with Gasteiger partial charge in [0.2, 0.25) is 0 Å². The minimum absolute atomic E-state index is 0.0158. The number of para-hydroxylation sites is 2. The summed E-state index contributed by atoms with van der Waals surface area (Å²) in [5.41, 5.74) is 0.860. The summed E-state index contributed by atoms with van der Waals surface area (Å²) >= 11 is 0. The van der Waals surface area contributed by atoms with Crippen molar-refractivity contribution in [2.75, 3.05) is 0 Å². The molecule has 0 aliphatic heterocycles. The number of imidazole rings is 1. The molecule has 1 N–H and O–H groups in total. The fraction of sp³-hybridized carbons (Fsp3) is 0.160. The number of hydrogen-bond donors (Lipinski definition) is 1. The van der Waals surface area contributed by atoms with E-state index >= 15 is 0 Å². The first kappa shape index (κ1) is 21.0. The van der Waals surface area contributed by atoms with Gasteiger partial charge in [-0.25, -0.2) is 23.4 Å². The van der Waals surface area contributed by atoms with Gasteiger partial charge in [0.25, 0.3) is 0 Å². The molecule has 0 saturated carbocycles. The van der Waals surface area contributed by atoms with Crippen molar-refractivity contribution in [3.05, 3.63) is 114 Å². The van der Waals surface area contributed by atoms with E-state index in [1.165, 1.54) is 23.4 Å². The summed E-state index contributed by atoms with van der Waals surface area (Å²) < 4.78 is 31.9. The molecule has 1 unspecified atom stereocenters. The summed E-state index contributed by atoms with van der Waals surface area (Å²) in [5, 5.41) is 15.9. The van der Waals surface area contributed by atoms with E-state index in [2.05, 4.69) is 10.1 Å². The molecule has 1 atom stereocenters. The molecule has 2 aromatic heterocycles. The van der Waals surface area contributed by atoms with Gasteiger partial charge in [-0.15, -0.1) is 0 Å². The fourth-order valence-electron chi connectivity index (χ4n) is 4.15. The lowest BCUT2D eigenvalue weighted by Crippen LogP contribution is -2.38. The van der Waals surface area contributed by atoms with Gasteiger partial charge in [-0.05, 0) is 23.8 Å². The SMILES string of the molecule is OC(Cn1cncn1)(Cn1c(Cc2ccccc2)nc2ccccc21)c1ccc(F)cc1F. The quantitative estimate of drug-likeness (QED) is 0.410. The number of halogens is 2. The van der Waals surface area contributed by atoms with E-state index in [4.69, 9.17) is 4.98 Å². The summed E-state index contributed by atoms with van der Waals surface area (Å²) in [6, 6.07) is 20.7. The molecule has 8 heteroatoms. The Balaban J connectivity index is 1.63.